The van der Waals surface area contributed by atoms with E-state index in [9.17, 15) is 0 Å². The van der Waals surface area contributed by atoms with Crippen LogP contribution in [0.15, 0.2) is 6.07 Å². The Morgan fingerprint density at radius 1 is 1.53 bits per heavy atom. The van der Waals surface area contributed by atoms with Gasteiger partial charge < -0.3 is 10.4 Å². The second kappa shape index (κ2) is 5.16. The van der Waals surface area contributed by atoms with Crippen molar-refractivity contribution in [3.8, 4) is 0 Å². The number of nitrogens with one attached hydrogen (secondary N) is 1. The highest BCUT2D eigenvalue weighted by atomic mass is 35.5. The topological polar surface area (TPSA) is 58.0 Å². The molecule has 17 heavy (non-hydrogen) atoms. The predicted molar refractivity (Wildman–Crippen MR) is 71.9 cm³/mol. The highest BCUT2D eigenvalue weighted by Gasteiger charge is 2.10. The third kappa shape index (κ3) is 2.86. The summed E-state index contributed by atoms with van der Waals surface area (Å²) in [7, 11) is 0. The number of fused-ring (bicyclic) bond motifs is 1. The van der Waals surface area contributed by atoms with Crippen LogP contribution in [-0.4, -0.2) is 28.2 Å². The molecule has 2 aromatic heterocycles. The molecule has 2 rings (SSSR count). The van der Waals surface area contributed by atoms with Crippen LogP contribution < -0.4 is 5.32 Å². The Balaban J connectivity index is 2.31. The number of aliphatic hydroxyl groups is 1. The van der Waals surface area contributed by atoms with E-state index in [1.165, 1.54) is 4.88 Å². The molecule has 0 aliphatic heterocycles. The van der Waals surface area contributed by atoms with Crippen molar-refractivity contribution in [1.82, 2.24) is 9.97 Å². The number of hydrogen-bond acceptors (Lipinski definition) is 5. The van der Waals surface area contributed by atoms with E-state index in [0.717, 1.165) is 16.0 Å². The maximum Gasteiger partial charge on any atom is 0.225 e. The van der Waals surface area contributed by atoms with Gasteiger partial charge in [0.25, 0.3) is 0 Å². The molecule has 2 N–H and O–H groups in total. The van der Waals surface area contributed by atoms with E-state index in [4.69, 9.17) is 16.7 Å². The maximum atomic E-state index is 8.99. The first kappa shape index (κ1) is 12.5. The molecule has 6 heteroatoms. The molecule has 0 radical (unpaired) electrons. The van der Waals surface area contributed by atoms with Crippen LogP contribution in [0.4, 0.5) is 5.82 Å². The molecule has 2 heterocycles. The van der Waals surface area contributed by atoms with Gasteiger partial charge in [-0.05, 0) is 30.5 Å². The van der Waals surface area contributed by atoms with E-state index in [1.54, 1.807) is 11.3 Å². The van der Waals surface area contributed by atoms with Crippen molar-refractivity contribution in [3.63, 3.8) is 0 Å². The smallest absolute Gasteiger partial charge is 0.225 e. The number of rotatable bonds is 4. The van der Waals surface area contributed by atoms with Gasteiger partial charge in [0, 0.05) is 18.0 Å². The molecule has 0 aliphatic rings. The Labute approximate surface area is 109 Å². The second-order valence-corrected chi connectivity index (χ2v) is 5.66. The van der Waals surface area contributed by atoms with Crippen molar-refractivity contribution >= 4 is 39.0 Å². The lowest BCUT2D eigenvalue weighted by molar-refractivity contribution is 0.244. The van der Waals surface area contributed by atoms with Gasteiger partial charge >= 0.3 is 0 Å². The molecule has 0 fully saturated rings. The van der Waals surface area contributed by atoms with Gasteiger partial charge in [0.2, 0.25) is 5.28 Å². The van der Waals surface area contributed by atoms with E-state index in [2.05, 4.69) is 15.3 Å². The molecule has 0 saturated carbocycles. The first-order valence-electron chi connectivity index (χ1n) is 5.38. The SMILES string of the molecule is Cc1cc2c(NCC(C)CO)nc(Cl)nc2s1. The monoisotopic (exact) mass is 271 g/mol. The zero-order chi connectivity index (χ0) is 12.4. The summed E-state index contributed by atoms with van der Waals surface area (Å²) in [6, 6.07) is 2.04. The number of nitrogens with zero attached hydrogens (tertiary/aromatic N) is 2. The molecule has 2 aromatic rings. The van der Waals surface area contributed by atoms with Gasteiger partial charge in [0.1, 0.15) is 10.6 Å². The van der Waals surface area contributed by atoms with Crippen LogP contribution in [0.5, 0.6) is 0 Å². The lowest BCUT2D eigenvalue weighted by Crippen LogP contribution is -2.15. The molecule has 0 bridgehead atoms. The Bertz CT molecular complexity index is 529. The predicted octanol–water partition coefficient (Wildman–Crippen LogP) is 2.69. The lowest BCUT2D eigenvalue weighted by atomic mass is 10.2. The molecule has 1 unspecified atom stereocenters. The largest absolute Gasteiger partial charge is 0.396 e. The molecule has 92 valence electrons. The Kier molecular flexibility index (Phi) is 3.81. The lowest BCUT2D eigenvalue weighted by Gasteiger charge is -2.10. The zero-order valence-corrected chi connectivity index (χ0v) is 11.3. The second-order valence-electron chi connectivity index (χ2n) is 4.09. The summed E-state index contributed by atoms with van der Waals surface area (Å²) in [5.41, 5.74) is 0. The third-order valence-corrected chi connectivity index (χ3v) is 3.53. The summed E-state index contributed by atoms with van der Waals surface area (Å²) < 4.78 is 0. The van der Waals surface area contributed by atoms with Gasteiger partial charge in [-0.25, -0.2) is 9.97 Å². The quantitative estimate of drug-likeness (QED) is 0.840. The third-order valence-electron chi connectivity index (χ3n) is 2.42. The summed E-state index contributed by atoms with van der Waals surface area (Å²) in [5.74, 6) is 0.920. The first-order valence-corrected chi connectivity index (χ1v) is 6.58. The van der Waals surface area contributed by atoms with Crippen LogP contribution in [-0.2, 0) is 0 Å². The van der Waals surface area contributed by atoms with Crippen molar-refractivity contribution in [3.05, 3.63) is 16.2 Å². The van der Waals surface area contributed by atoms with Crippen molar-refractivity contribution in [1.29, 1.82) is 0 Å². The molecule has 0 saturated heterocycles. The van der Waals surface area contributed by atoms with Gasteiger partial charge in [-0.2, -0.15) is 0 Å². The summed E-state index contributed by atoms with van der Waals surface area (Å²) >= 11 is 7.47. The van der Waals surface area contributed by atoms with Crippen molar-refractivity contribution in [2.24, 2.45) is 5.92 Å². The number of aliphatic hydroxyl groups excluding tert-OH is 1. The summed E-state index contributed by atoms with van der Waals surface area (Å²) in [6.07, 6.45) is 0. The minimum atomic E-state index is 0.150. The normalized spacial score (nSPS) is 12.9. The number of anilines is 1. The molecule has 0 amide bonds. The van der Waals surface area contributed by atoms with Crippen molar-refractivity contribution in [2.75, 3.05) is 18.5 Å². The Morgan fingerprint density at radius 3 is 3.00 bits per heavy atom. The van der Waals surface area contributed by atoms with Crippen molar-refractivity contribution in [2.45, 2.75) is 13.8 Å². The minimum Gasteiger partial charge on any atom is -0.396 e. The van der Waals surface area contributed by atoms with Crippen LogP contribution in [0.1, 0.15) is 11.8 Å². The van der Waals surface area contributed by atoms with Crippen LogP contribution in [0.25, 0.3) is 10.2 Å². The highest BCUT2D eigenvalue weighted by Crippen LogP contribution is 2.29. The van der Waals surface area contributed by atoms with Crippen LogP contribution in [0.3, 0.4) is 0 Å². The van der Waals surface area contributed by atoms with Gasteiger partial charge in [0.15, 0.2) is 0 Å². The minimum absolute atomic E-state index is 0.150. The summed E-state index contributed by atoms with van der Waals surface area (Å²) in [5, 5.41) is 13.4. The van der Waals surface area contributed by atoms with E-state index in [0.29, 0.717) is 6.54 Å². The van der Waals surface area contributed by atoms with Crippen LogP contribution in [0, 0.1) is 12.8 Å². The number of hydrogen-bond donors (Lipinski definition) is 2. The van der Waals surface area contributed by atoms with Gasteiger partial charge in [-0.3, -0.25) is 0 Å². The standard InChI is InChI=1S/C11H14ClN3OS/c1-6(5-16)4-13-9-8-3-7(2)17-10(8)15-11(12)14-9/h3,6,16H,4-5H2,1-2H3,(H,13,14,15). The molecule has 0 aliphatic carbocycles. The first-order chi connectivity index (χ1) is 8.10. The average molecular weight is 272 g/mol. The van der Waals surface area contributed by atoms with Crippen LogP contribution in [0.2, 0.25) is 5.28 Å². The number of thiophene rings is 1. The van der Waals surface area contributed by atoms with E-state index >= 15 is 0 Å². The summed E-state index contributed by atoms with van der Waals surface area (Å²) in [6.45, 7) is 4.80. The fraction of sp³-hybridized carbons (Fsp3) is 0.455. The molecular formula is C11H14ClN3OS. The molecule has 0 aromatic carbocycles. The molecular weight excluding hydrogens is 258 g/mol. The molecule has 1 atom stereocenters. The fourth-order valence-electron chi connectivity index (χ4n) is 1.49. The Morgan fingerprint density at radius 2 is 2.29 bits per heavy atom. The highest BCUT2D eigenvalue weighted by molar-refractivity contribution is 7.18. The Hall–Kier alpha value is -0.910. The van der Waals surface area contributed by atoms with E-state index in [1.807, 2.05) is 19.9 Å². The number of aryl methyl sites for hydroxylation is 1. The number of halogens is 1. The fourth-order valence-corrected chi connectivity index (χ4v) is 2.58. The van der Waals surface area contributed by atoms with Gasteiger partial charge in [-0.1, -0.05) is 6.92 Å². The zero-order valence-electron chi connectivity index (χ0n) is 9.70. The molecule has 0 spiro atoms. The van der Waals surface area contributed by atoms with Gasteiger partial charge in [0.05, 0.1) is 5.39 Å². The summed E-state index contributed by atoms with van der Waals surface area (Å²) in [4.78, 5) is 10.4. The molecule has 4 nitrogen and oxygen atoms in total. The maximum absolute atomic E-state index is 8.99. The van der Waals surface area contributed by atoms with E-state index in [-0.39, 0.29) is 17.8 Å². The van der Waals surface area contributed by atoms with Crippen molar-refractivity contribution < 1.29 is 5.11 Å². The van der Waals surface area contributed by atoms with Gasteiger partial charge in [-0.15, -0.1) is 11.3 Å². The average Bonchev–Trinajstić information content (AvgIpc) is 2.65. The van der Waals surface area contributed by atoms with E-state index < -0.39 is 0 Å². The van der Waals surface area contributed by atoms with Crippen LogP contribution >= 0.6 is 22.9 Å². The number of aromatic nitrogens is 2.